The van der Waals surface area contributed by atoms with Gasteiger partial charge in [-0.05, 0) is 18.8 Å². The second-order valence-corrected chi connectivity index (χ2v) is 3.88. The van der Waals surface area contributed by atoms with Gasteiger partial charge >= 0.3 is 0 Å². The fraction of sp³-hybridized carbons (Fsp3) is 0.444. The van der Waals surface area contributed by atoms with E-state index in [1.165, 1.54) is 19.0 Å². The van der Waals surface area contributed by atoms with E-state index in [4.69, 9.17) is 10.3 Å². The van der Waals surface area contributed by atoms with Crippen LogP contribution in [0.15, 0.2) is 16.9 Å². The van der Waals surface area contributed by atoms with E-state index in [0.717, 1.165) is 12.5 Å². The maximum atomic E-state index is 5.66. The van der Waals surface area contributed by atoms with Crippen molar-refractivity contribution in [2.75, 3.05) is 5.73 Å². The SMILES string of the molecule is Nc1cnoc1-c1cn(CC2CC2)nn1. The van der Waals surface area contributed by atoms with Crippen molar-refractivity contribution in [3.63, 3.8) is 0 Å². The molecule has 2 aromatic heterocycles. The van der Waals surface area contributed by atoms with Crippen molar-refractivity contribution in [3.05, 3.63) is 12.4 Å². The molecule has 1 saturated carbocycles. The van der Waals surface area contributed by atoms with E-state index in [2.05, 4.69) is 15.5 Å². The summed E-state index contributed by atoms with van der Waals surface area (Å²) >= 11 is 0. The fourth-order valence-corrected chi connectivity index (χ4v) is 1.50. The van der Waals surface area contributed by atoms with Crippen molar-refractivity contribution in [1.29, 1.82) is 0 Å². The third-order valence-corrected chi connectivity index (χ3v) is 2.51. The molecule has 0 bridgehead atoms. The second kappa shape index (κ2) is 3.08. The molecule has 78 valence electrons. The van der Waals surface area contributed by atoms with Gasteiger partial charge in [0.1, 0.15) is 5.69 Å². The number of nitrogens with zero attached hydrogens (tertiary/aromatic N) is 4. The molecule has 0 unspecified atom stereocenters. The molecule has 6 nitrogen and oxygen atoms in total. The van der Waals surface area contributed by atoms with E-state index < -0.39 is 0 Å². The van der Waals surface area contributed by atoms with Crippen LogP contribution in [0.3, 0.4) is 0 Å². The van der Waals surface area contributed by atoms with Gasteiger partial charge in [0.15, 0.2) is 5.69 Å². The minimum atomic E-state index is 0.494. The molecule has 0 aromatic carbocycles. The Labute approximate surface area is 86.0 Å². The summed E-state index contributed by atoms with van der Waals surface area (Å²) in [7, 11) is 0. The highest BCUT2D eigenvalue weighted by Gasteiger charge is 2.22. The quantitative estimate of drug-likeness (QED) is 0.805. The molecule has 1 aliphatic carbocycles. The molecule has 0 spiro atoms. The minimum Gasteiger partial charge on any atom is -0.394 e. The number of hydrogen-bond donors (Lipinski definition) is 1. The highest BCUT2D eigenvalue weighted by molar-refractivity contribution is 5.65. The van der Waals surface area contributed by atoms with E-state index in [-0.39, 0.29) is 0 Å². The predicted molar refractivity (Wildman–Crippen MR) is 52.7 cm³/mol. The lowest BCUT2D eigenvalue weighted by atomic mass is 10.3. The molecule has 3 rings (SSSR count). The third kappa shape index (κ3) is 1.58. The van der Waals surface area contributed by atoms with Crippen LogP contribution in [0.4, 0.5) is 5.69 Å². The van der Waals surface area contributed by atoms with Crippen LogP contribution in [-0.4, -0.2) is 20.2 Å². The van der Waals surface area contributed by atoms with Gasteiger partial charge in [0, 0.05) is 6.54 Å². The molecule has 0 radical (unpaired) electrons. The summed E-state index contributed by atoms with van der Waals surface area (Å²) < 4.78 is 6.82. The van der Waals surface area contributed by atoms with Crippen LogP contribution in [0, 0.1) is 5.92 Å². The Kier molecular flexibility index (Phi) is 1.74. The van der Waals surface area contributed by atoms with Crippen LogP contribution in [0.25, 0.3) is 11.5 Å². The van der Waals surface area contributed by atoms with Crippen LogP contribution < -0.4 is 5.73 Å². The molecule has 2 N–H and O–H groups in total. The second-order valence-electron chi connectivity index (χ2n) is 3.88. The molecule has 0 amide bonds. The number of hydrogen-bond acceptors (Lipinski definition) is 5. The summed E-state index contributed by atoms with van der Waals surface area (Å²) in [6.07, 6.45) is 5.89. The molecule has 2 aromatic rings. The standard InChI is InChI=1S/C9H11N5O/c10-7-3-11-15-9(7)8-5-14(13-12-8)4-6-1-2-6/h3,5-6H,1-2,4,10H2. The molecular weight excluding hydrogens is 194 g/mol. The Balaban J connectivity index is 1.86. The van der Waals surface area contributed by atoms with Crippen molar-refractivity contribution in [2.24, 2.45) is 5.92 Å². The van der Waals surface area contributed by atoms with Gasteiger partial charge in [0.05, 0.1) is 12.4 Å². The number of aromatic nitrogens is 4. The molecule has 1 aliphatic rings. The van der Waals surface area contributed by atoms with Gasteiger partial charge in [0.25, 0.3) is 0 Å². The highest BCUT2D eigenvalue weighted by atomic mass is 16.5. The fourth-order valence-electron chi connectivity index (χ4n) is 1.50. The first-order valence-electron chi connectivity index (χ1n) is 4.93. The zero-order valence-corrected chi connectivity index (χ0v) is 8.13. The summed E-state index contributed by atoms with van der Waals surface area (Å²) in [5.41, 5.74) is 6.80. The Morgan fingerprint density at radius 1 is 1.53 bits per heavy atom. The third-order valence-electron chi connectivity index (χ3n) is 2.51. The van der Waals surface area contributed by atoms with Gasteiger partial charge in [-0.1, -0.05) is 10.4 Å². The van der Waals surface area contributed by atoms with Crippen LogP contribution in [-0.2, 0) is 6.54 Å². The largest absolute Gasteiger partial charge is 0.394 e. The van der Waals surface area contributed by atoms with Gasteiger partial charge in [-0.2, -0.15) is 0 Å². The maximum absolute atomic E-state index is 5.66. The summed E-state index contributed by atoms with van der Waals surface area (Å²) in [5.74, 6) is 1.27. The number of nitrogen functional groups attached to an aromatic ring is 1. The molecular formula is C9H11N5O. The number of rotatable bonds is 3. The first kappa shape index (κ1) is 8.46. The van der Waals surface area contributed by atoms with E-state index in [9.17, 15) is 0 Å². The smallest absolute Gasteiger partial charge is 0.211 e. The maximum Gasteiger partial charge on any atom is 0.211 e. The number of anilines is 1. The van der Waals surface area contributed by atoms with Crippen molar-refractivity contribution < 1.29 is 4.52 Å². The normalized spacial score (nSPS) is 15.7. The zero-order valence-electron chi connectivity index (χ0n) is 8.13. The van der Waals surface area contributed by atoms with Gasteiger partial charge in [-0.25, -0.2) is 0 Å². The van der Waals surface area contributed by atoms with Crippen molar-refractivity contribution in [2.45, 2.75) is 19.4 Å². The van der Waals surface area contributed by atoms with Gasteiger partial charge in [-0.15, -0.1) is 5.10 Å². The molecule has 6 heteroatoms. The predicted octanol–water partition coefficient (Wildman–Crippen LogP) is 0.925. The lowest BCUT2D eigenvalue weighted by molar-refractivity contribution is 0.431. The van der Waals surface area contributed by atoms with E-state index >= 15 is 0 Å². The van der Waals surface area contributed by atoms with E-state index in [1.807, 2.05) is 10.9 Å². The Bertz CT molecular complexity index is 470. The molecule has 0 saturated heterocycles. The molecule has 1 fully saturated rings. The van der Waals surface area contributed by atoms with Crippen molar-refractivity contribution >= 4 is 5.69 Å². The molecule has 15 heavy (non-hydrogen) atoms. The highest BCUT2D eigenvalue weighted by Crippen LogP contribution is 2.31. The molecule has 0 aliphatic heterocycles. The molecule has 0 atom stereocenters. The molecule has 2 heterocycles. The van der Waals surface area contributed by atoms with Crippen molar-refractivity contribution in [1.82, 2.24) is 20.2 Å². The van der Waals surface area contributed by atoms with Gasteiger partial charge in [-0.3, -0.25) is 4.68 Å². The monoisotopic (exact) mass is 205 g/mol. The Morgan fingerprint density at radius 2 is 2.40 bits per heavy atom. The van der Waals surface area contributed by atoms with E-state index in [0.29, 0.717) is 17.1 Å². The lowest BCUT2D eigenvalue weighted by Gasteiger charge is -1.94. The number of nitrogens with two attached hydrogens (primary N) is 1. The average molecular weight is 205 g/mol. The lowest BCUT2D eigenvalue weighted by Crippen LogP contribution is -1.99. The Hall–Kier alpha value is -1.85. The van der Waals surface area contributed by atoms with Crippen LogP contribution in [0.1, 0.15) is 12.8 Å². The van der Waals surface area contributed by atoms with E-state index in [1.54, 1.807) is 0 Å². The van der Waals surface area contributed by atoms with Crippen LogP contribution in [0.5, 0.6) is 0 Å². The first-order chi connectivity index (χ1) is 7.33. The van der Waals surface area contributed by atoms with Crippen LogP contribution >= 0.6 is 0 Å². The zero-order chi connectivity index (χ0) is 10.3. The summed E-state index contributed by atoms with van der Waals surface area (Å²) in [6, 6.07) is 0. The summed E-state index contributed by atoms with van der Waals surface area (Å²) in [4.78, 5) is 0. The topological polar surface area (TPSA) is 82.8 Å². The minimum absolute atomic E-state index is 0.494. The average Bonchev–Trinajstić information content (AvgIpc) is 2.74. The Morgan fingerprint density at radius 3 is 3.07 bits per heavy atom. The summed E-state index contributed by atoms with van der Waals surface area (Å²) in [5, 5.41) is 11.6. The van der Waals surface area contributed by atoms with Crippen LogP contribution in [0.2, 0.25) is 0 Å². The van der Waals surface area contributed by atoms with Crippen molar-refractivity contribution in [3.8, 4) is 11.5 Å². The first-order valence-corrected chi connectivity index (χ1v) is 4.93. The van der Waals surface area contributed by atoms with Gasteiger partial charge in [0.2, 0.25) is 5.76 Å². The van der Waals surface area contributed by atoms with Gasteiger partial charge < -0.3 is 10.3 Å². The summed E-state index contributed by atoms with van der Waals surface area (Å²) in [6.45, 7) is 0.932.